The van der Waals surface area contributed by atoms with Crippen molar-refractivity contribution >= 4 is 43.0 Å². The standard InChI is InChI=1S/C30H39N3O3S2/c1-30(2,3)24-9-10-26-22(16-24)15-23-19-28(37-29(23)31-26)27(34)18-21(11-14-33-12-6-13-33)20-7-5-8-25(17-20)32-38(4,35)36/h5,7-8,15,17,19,21,24,32H,6,9-14,16,18H2,1-4H3/t21-,24-/m0/s1. The summed E-state index contributed by atoms with van der Waals surface area (Å²) in [5, 5.41) is 1.07. The van der Waals surface area contributed by atoms with E-state index in [1.54, 1.807) is 6.07 Å². The quantitative estimate of drug-likeness (QED) is 0.316. The molecule has 1 aromatic carbocycles. The highest BCUT2D eigenvalue weighted by atomic mass is 32.2. The van der Waals surface area contributed by atoms with E-state index in [9.17, 15) is 13.2 Å². The summed E-state index contributed by atoms with van der Waals surface area (Å²) in [4.78, 5) is 22.7. The van der Waals surface area contributed by atoms with Crippen LogP contribution in [0.15, 0.2) is 36.4 Å². The average molecular weight is 554 g/mol. The predicted molar refractivity (Wildman–Crippen MR) is 157 cm³/mol. The molecule has 1 saturated heterocycles. The van der Waals surface area contributed by atoms with E-state index in [2.05, 4.69) is 36.5 Å². The van der Waals surface area contributed by atoms with Gasteiger partial charge in [0.1, 0.15) is 4.83 Å². The summed E-state index contributed by atoms with van der Waals surface area (Å²) in [5.41, 5.74) is 4.35. The zero-order chi connectivity index (χ0) is 27.1. The van der Waals surface area contributed by atoms with Crippen molar-refractivity contribution in [3.63, 3.8) is 0 Å². The number of rotatable bonds is 9. The van der Waals surface area contributed by atoms with Gasteiger partial charge in [0.2, 0.25) is 10.0 Å². The molecular weight excluding hydrogens is 514 g/mol. The van der Waals surface area contributed by atoms with Crippen molar-refractivity contribution in [1.29, 1.82) is 0 Å². The van der Waals surface area contributed by atoms with Gasteiger partial charge in [-0.1, -0.05) is 32.9 Å². The lowest BCUT2D eigenvalue weighted by Crippen LogP contribution is -2.38. The first kappa shape index (κ1) is 27.3. The molecule has 2 atom stereocenters. The van der Waals surface area contributed by atoms with Crippen LogP contribution in [0.5, 0.6) is 0 Å². The fraction of sp³-hybridized carbons (Fsp3) is 0.533. The van der Waals surface area contributed by atoms with Crippen molar-refractivity contribution in [3.8, 4) is 0 Å². The molecule has 3 heterocycles. The number of Topliss-reactive ketones (excluding diaryl/α,β-unsaturated/α-hetero) is 1. The first-order valence-corrected chi connectivity index (χ1v) is 16.4. The zero-order valence-electron chi connectivity index (χ0n) is 22.9. The van der Waals surface area contributed by atoms with Crippen molar-refractivity contribution in [3.05, 3.63) is 58.1 Å². The molecule has 6 nitrogen and oxygen atoms in total. The zero-order valence-corrected chi connectivity index (χ0v) is 24.6. The molecule has 204 valence electrons. The highest BCUT2D eigenvalue weighted by Crippen LogP contribution is 2.39. The van der Waals surface area contributed by atoms with E-state index in [1.165, 1.54) is 29.0 Å². The molecule has 5 rings (SSSR count). The Kier molecular flexibility index (Phi) is 7.68. The lowest BCUT2D eigenvalue weighted by Gasteiger charge is -2.34. The Bertz CT molecular complexity index is 1430. The van der Waals surface area contributed by atoms with E-state index in [1.807, 2.05) is 24.3 Å². The van der Waals surface area contributed by atoms with Crippen molar-refractivity contribution in [2.75, 3.05) is 30.6 Å². The maximum atomic E-state index is 13.6. The molecule has 0 amide bonds. The topological polar surface area (TPSA) is 79.4 Å². The molecule has 3 aromatic rings. The largest absolute Gasteiger partial charge is 0.303 e. The number of ketones is 1. The number of carbonyl (C=O) groups is 1. The second kappa shape index (κ2) is 10.7. The van der Waals surface area contributed by atoms with E-state index in [4.69, 9.17) is 4.98 Å². The van der Waals surface area contributed by atoms with Crippen molar-refractivity contribution in [2.24, 2.45) is 11.3 Å². The number of nitrogens with one attached hydrogen (secondary N) is 1. The third kappa shape index (κ3) is 6.46. The summed E-state index contributed by atoms with van der Waals surface area (Å²) in [6.07, 6.45) is 6.86. The van der Waals surface area contributed by atoms with Crippen LogP contribution >= 0.6 is 11.3 Å². The van der Waals surface area contributed by atoms with E-state index in [0.717, 1.165) is 72.2 Å². The van der Waals surface area contributed by atoms with E-state index in [-0.39, 0.29) is 17.1 Å². The Hall–Kier alpha value is -2.29. The number of anilines is 1. The number of benzene rings is 1. The van der Waals surface area contributed by atoms with Gasteiger partial charge in [0, 0.05) is 23.2 Å². The first-order valence-electron chi connectivity index (χ1n) is 13.7. The second-order valence-electron chi connectivity index (χ2n) is 12.2. The van der Waals surface area contributed by atoms with Gasteiger partial charge >= 0.3 is 0 Å². The fourth-order valence-corrected chi connectivity index (χ4v) is 7.26. The number of likely N-dealkylation sites (tertiary alicyclic amines) is 1. The molecule has 0 bridgehead atoms. The Morgan fingerprint density at radius 1 is 1.21 bits per heavy atom. The molecule has 2 aromatic heterocycles. The first-order chi connectivity index (χ1) is 17.9. The molecule has 0 radical (unpaired) electrons. The molecule has 1 N–H and O–H groups in total. The molecule has 1 aliphatic heterocycles. The Balaban J connectivity index is 1.37. The van der Waals surface area contributed by atoms with Crippen LogP contribution in [0.4, 0.5) is 5.69 Å². The van der Waals surface area contributed by atoms with Gasteiger partial charge in [-0.05, 0) is 104 Å². The summed E-state index contributed by atoms with van der Waals surface area (Å²) in [6, 6.07) is 11.8. The average Bonchev–Trinajstić information content (AvgIpc) is 3.22. The van der Waals surface area contributed by atoms with Crippen molar-refractivity contribution in [2.45, 2.75) is 65.2 Å². The van der Waals surface area contributed by atoms with Gasteiger partial charge in [-0.2, -0.15) is 0 Å². The van der Waals surface area contributed by atoms with Crippen LogP contribution in [0.2, 0.25) is 0 Å². The number of nitrogens with zero attached hydrogens (tertiary/aromatic N) is 2. The number of pyridine rings is 1. The van der Waals surface area contributed by atoms with Crippen LogP contribution in [-0.2, 0) is 22.9 Å². The predicted octanol–water partition coefficient (Wildman–Crippen LogP) is 6.27. The number of hydrogen-bond donors (Lipinski definition) is 1. The molecule has 1 aliphatic carbocycles. The van der Waals surface area contributed by atoms with Crippen LogP contribution in [0.3, 0.4) is 0 Å². The maximum absolute atomic E-state index is 13.6. The van der Waals surface area contributed by atoms with Crippen molar-refractivity contribution in [1.82, 2.24) is 9.88 Å². The van der Waals surface area contributed by atoms with Gasteiger partial charge < -0.3 is 4.90 Å². The molecule has 0 saturated carbocycles. The van der Waals surface area contributed by atoms with Crippen LogP contribution in [0.1, 0.15) is 78.9 Å². The number of thiophene rings is 1. The van der Waals surface area contributed by atoms with Gasteiger partial charge in [-0.15, -0.1) is 11.3 Å². The number of hydrogen-bond acceptors (Lipinski definition) is 6. The molecule has 0 spiro atoms. The van der Waals surface area contributed by atoms with Gasteiger partial charge in [-0.25, -0.2) is 13.4 Å². The number of carbonyl (C=O) groups excluding carboxylic acids is 1. The van der Waals surface area contributed by atoms with Crippen molar-refractivity contribution < 1.29 is 13.2 Å². The van der Waals surface area contributed by atoms with E-state index in [0.29, 0.717) is 18.0 Å². The third-order valence-electron chi connectivity index (χ3n) is 8.21. The molecule has 0 unspecified atom stereocenters. The minimum atomic E-state index is -3.37. The summed E-state index contributed by atoms with van der Waals surface area (Å²) >= 11 is 1.51. The number of sulfonamides is 1. The smallest absolute Gasteiger partial charge is 0.229 e. The Morgan fingerprint density at radius 3 is 2.68 bits per heavy atom. The lowest BCUT2D eigenvalue weighted by atomic mass is 9.71. The summed E-state index contributed by atoms with van der Waals surface area (Å²) < 4.78 is 26.1. The van der Waals surface area contributed by atoms with Gasteiger partial charge in [0.25, 0.3) is 0 Å². The van der Waals surface area contributed by atoms with Gasteiger partial charge in [0.15, 0.2) is 5.78 Å². The summed E-state index contributed by atoms with van der Waals surface area (Å²) in [5.74, 6) is 0.797. The summed E-state index contributed by atoms with van der Waals surface area (Å²) in [6.45, 7) is 10.1. The highest BCUT2D eigenvalue weighted by Gasteiger charge is 2.30. The molecule has 38 heavy (non-hydrogen) atoms. The normalized spacial score (nSPS) is 19.1. The van der Waals surface area contributed by atoms with Crippen LogP contribution in [0.25, 0.3) is 10.2 Å². The molecule has 8 heteroatoms. The minimum Gasteiger partial charge on any atom is -0.303 e. The molecular formula is C30H39N3O3S2. The van der Waals surface area contributed by atoms with E-state index < -0.39 is 10.0 Å². The van der Waals surface area contributed by atoms with Crippen LogP contribution in [0, 0.1) is 11.3 Å². The summed E-state index contributed by atoms with van der Waals surface area (Å²) in [7, 11) is -3.37. The Labute approximate surface area is 230 Å². The van der Waals surface area contributed by atoms with Crippen LogP contribution in [-0.4, -0.2) is 50.0 Å². The lowest BCUT2D eigenvalue weighted by molar-refractivity contribution is 0.0970. The van der Waals surface area contributed by atoms with Crippen LogP contribution < -0.4 is 4.72 Å². The Morgan fingerprint density at radius 2 is 2.00 bits per heavy atom. The third-order valence-corrected chi connectivity index (χ3v) is 9.90. The molecule has 2 aliphatic rings. The fourth-order valence-electron chi connectivity index (χ4n) is 5.72. The number of aromatic nitrogens is 1. The van der Waals surface area contributed by atoms with Gasteiger partial charge in [0.05, 0.1) is 11.1 Å². The van der Waals surface area contributed by atoms with Gasteiger partial charge in [-0.3, -0.25) is 9.52 Å². The number of fused-ring (bicyclic) bond motifs is 2. The number of aryl methyl sites for hydroxylation is 1. The van der Waals surface area contributed by atoms with E-state index >= 15 is 0 Å². The monoisotopic (exact) mass is 553 g/mol. The SMILES string of the molecule is CC(C)(C)[C@H]1CCc2nc3sc(C(=O)C[C@H](CCN4CCC4)c4cccc(NS(C)(=O)=O)c4)cc3cc2C1. The second-order valence-corrected chi connectivity index (χ2v) is 15.0. The molecule has 1 fully saturated rings. The highest BCUT2D eigenvalue weighted by molar-refractivity contribution is 7.92. The minimum absolute atomic E-state index is 0.0170. The maximum Gasteiger partial charge on any atom is 0.229 e.